The van der Waals surface area contributed by atoms with Crippen molar-refractivity contribution in [1.29, 1.82) is 0 Å². The Bertz CT molecular complexity index is 452. The molecule has 1 fully saturated rings. The van der Waals surface area contributed by atoms with E-state index in [1.54, 1.807) is 0 Å². The molecule has 0 atom stereocenters. The lowest BCUT2D eigenvalue weighted by Gasteiger charge is -2.35. The van der Waals surface area contributed by atoms with E-state index in [9.17, 15) is 4.79 Å². The summed E-state index contributed by atoms with van der Waals surface area (Å²) in [6, 6.07) is 7.90. The van der Waals surface area contributed by atoms with Gasteiger partial charge in [0.25, 0.3) is 5.91 Å². The Morgan fingerprint density at radius 1 is 1.25 bits per heavy atom. The minimum Gasteiger partial charge on any atom is -0.351 e. The summed E-state index contributed by atoms with van der Waals surface area (Å²) in [7, 11) is 0. The molecule has 110 valence electrons. The zero-order valence-electron chi connectivity index (χ0n) is 12.3. The van der Waals surface area contributed by atoms with Crippen molar-refractivity contribution in [2.24, 2.45) is 5.41 Å². The van der Waals surface area contributed by atoms with Crippen molar-refractivity contribution in [3.63, 3.8) is 0 Å². The predicted molar refractivity (Wildman–Crippen MR) is 87.5 cm³/mol. The summed E-state index contributed by atoms with van der Waals surface area (Å²) in [6.45, 7) is 2.88. The number of halogens is 1. The summed E-state index contributed by atoms with van der Waals surface area (Å²) < 4.78 is 0. The minimum absolute atomic E-state index is 0.0772. The van der Waals surface area contributed by atoms with Gasteiger partial charge in [0.05, 0.1) is 0 Å². The monoisotopic (exact) mass is 337 g/mol. The normalized spacial score (nSPS) is 17.7. The Labute approximate surface area is 130 Å². The van der Waals surface area contributed by atoms with Crippen LogP contribution in [0.2, 0.25) is 0 Å². The van der Waals surface area contributed by atoms with E-state index in [0.29, 0.717) is 0 Å². The Hall–Kier alpha value is -0.830. The van der Waals surface area contributed by atoms with Gasteiger partial charge in [-0.15, -0.1) is 0 Å². The van der Waals surface area contributed by atoms with Crippen molar-refractivity contribution in [2.45, 2.75) is 45.4 Å². The summed E-state index contributed by atoms with van der Waals surface area (Å²) in [4.78, 5) is 12.4. The van der Waals surface area contributed by atoms with E-state index in [0.717, 1.165) is 29.4 Å². The van der Waals surface area contributed by atoms with Crippen LogP contribution in [0.1, 0.15) is 54.9 Å². The van der Waals surface area contributed by atoms with Crippen LogP contribution in [0.15, 0.2) is 24.3 Å². The van der Waals surface area contributed by atoms with Gasteiger partial charge in [-0.1, -0.05) is 60.3 Å². The lowest BCUT2D eigenvalue weighted by Crippen LogP contribution is -2.40. The SMILES string of the molecule is CCc1ccccc1C(=O)NCC1(CBr)CCCCC1. The van der Waals surface area contributed by atoms with E-state index in [1.807, 2.05) is 24.3 Å². The highest BCUT2D eigenvalue weighted by Crippen LogP contribution is 2.37. The highest BCUT2D eigenvalue weighted by molar-refractivity contribution is 9.09. The molecule has 1 aliphatic rings. The maximum Gasteiger partial charge on any atom is 0.251 e. The first-order chi connectivity index (χ1) is 9.71. The number of benzene rings is 1. The molecule has 0 bridgehead atoms. The summed E-state index contributed by atoms with van der Waals surface area (Å²) >= 11 is 3.65. The third kappa shape index (κ3) is 3.63. The first kappa shape index (κ1) is 15.6. The smallest absolute Gasteiger partial charge is 0.251 e. The van der Waals surface area contributed by atoms with Crippen LogP contribution < -0.4 is 5.32 Å². The molecule has 1 saturated carbocycles. The molecule has 2 rings (SSSR count). The van der Waals surface area contributed by atoms with Crippen molar-refractivity contribution in [1.82, 2.24) is 5.32 Å². The minimum atomic E-state index is 0.0772. The van der Waals surface area contributed by atoms with Gasteiger partial charge in [0.1, 0.15) is 0 Å². The standard InChI is InChI=1S/C17H24BrNO/c1-2-14-8-4-5-9-15(14)16(20)19-13-17(12-18)10-6-3-7-11-17/h4-5,8-9H,2-3,6-7,10-13H2,1H3,(H,19,20). The summed E-state index contributed by atoms with van der Waals surface area (Å²) in [5.74, 6) is 0.0772. The molecule has 0 spiro atoms. The summed E-state index contributed by atoms with van der Waals surface area (Å²) in [5, 5.41) is 4.15. The first-order valence-corrected chi connectivity index (χ1v) is 8.75. The molecule has 0 unspecified atom stereocenters. The Balaban J connectivity index is 2.00. The van der Waals surface area contributed by atoms with Gasteiger partial charge in [-0.3, -0.25) is 4.79 Å². The number of rotatable bonds is 5. The topological polar surface area (TPSA) is 29.1 Å². The second-order valence-corrected chi connectivity index (χ2v) is 6.45. The van der Waals surface area contributed by atoms with Crippen LogP contribution in [0.5, 0.6) is 0 Å². The van der Waals surface area contributed by atoms with Crippen molar-refractivity contribution in [3.05, 3.63) is 35.4 Å². The van der Waals surface area contributed by atoms with Crippen LogP contribution in [0.4, 0.5) is 0 Å². The van der Waals surface area contributed by atoms with Gasteiger partial charge in [0, 0.05) is 17.4 Å². The maximum atomic E-state index is 12.4. The summed E-state index contributed by atoms with van der Waals surface area (Å²) in [5.41, 5.74) is 2.21. The van der Waals surface area contributed by atoms with Crippen LogP contribution in [-0.4, -0.2) is 17.8 Å². The number of carbonyl (C=O) groups excluding carboxylic acids is 1. The second kappa shape index (κ2) is 7.26. The number of hydrogen-bond donors (Lipinski definition) is 1. The van der Waals surface area contributed by atoms with Gasteiger partial charge >= 0.3 is 0 Å². The van der Waals surface area contributed by atoms with E-state index < -0.39 is 0 Å². The van der Waals surface area contributed by atoms with Crippen molar-refractivity contribution in [3.8, 4) is 0 Å². The Morgan fingerprint density at radius 2 is 1.95 bits per heavy atom. The molecule has 1 aromatic carbocycles. The molecule has 0 aromatic heterocycles. The Kier molecular flexibility index (Phi) is 5.64. The van der Waals surface area contributed by atoms with Crippen LogP contribution in [-0.2, 0) is 6.42 Å². The van der Waals surface area contributed by atoms with Gasteiger partial charge in [0.2, 0.25) is 0 Å². The largest absolute Gasteiger partial charge is 0.351 e. The van der Waals surface area contributed by atoms with Gasteiger partial charge in [-0.05, 0) is 36.3 Å². The van der Waals surface area contributed by atoms with Crippen molar-refractivity contribution >= 4 is 21.8 Å². The number of alkyl halides is 1. The van der Waals surface area contributed by atoms with E-state index in [2.05, 4.69) is 28.2 Å². The highest BCUT2D eigenvalue weighted by Gasteiger charge is 2.31. The van der Waals surface area contributed by atoms with Crippen LogP contribution in [0, 0.1) is 5.41 Å². The van der Waals surface area contributed by atoms with Gasteiger partial charge in [-0.25, -0.2) is 0 Å². The van der Waals surface area contributed by atoms with E-state index in [-0.39, 0.29) is 11.3 Å². The zero-order chi connectivity index (χ0) is 14.4. The third-order valence-corrected chi connectivity index (χ3v) is 5.65. The van der Waals surface area contributed by atoms with E-state index in [4.69, 9.17) is 0 Å². The number of carbonyl (C=O) groups is 1. The van der Waals surface area contributed by atoms with Gasteiger partial charge < -0.3 is 5.32 Å². The zero-order valence-corrected chi connectivity index (χ0v) is 13.8. The van der Waals surface area contributed by atoms with Crippen LogP contribution in [0.25, 0.3) is 0 Å². The Morgan fingerprint density at radius 3 is 2.60 bits per heavy atom. The fourth-order valence-electron chi connectivity index (χ4n) is 3.07. The van der Waals surface area contributed by atoms with Crippen LogP contribution in [0.3, 0.4) is 0 Å². The molecule has 0 aliphatic heterocycles. The third-order valence-electron chi connectivity index (χ3n) is 4.46. The van der Waals surface area contributed by atoms with Gasteiger partial charge in [-0.2, -0.15) is 0 Å². The van der Waals surface area contributed by atoms with Gasteiger partial charge in [0.15, 0.2) is 0 Å². The average Bonchev–Trinajstić information content (AvgIpc) is 2.53. The van der Waals surface area contributed by atoms with Crippen LogP contribution >= 0.6 is 15.9 Å². The van der Waals surface area contributed by atoms with E-state index >= 15 is 0 Å². The fraction of sp³-hybridized carbons (Fsp3) is 0.588. The molecule has 20 heavy (non-hydrogen) atoms. The number of aryl methyl sites for hydroxylation is 1. The molecule has 0 saturated heterocycles. The predicted octanol–water partition coefficient (Wildman–Crippen LogP) is 4.32. The molecule has 1 N–H and O–H groups in total. The average molecular weight is 338 g/mol. The molecular weight excluding hydrogens is 314 g/mol. The molecule has 0 heterocycles. The van der Waals surface area contributed by atoms with Crippen molar-refractivity contribution in [2.75, 3.05) is 11.9 Å². The lowest BCUT2D eigenvalue weighted by atomic mass is 9.75. The maximum absolute atomic E-state index is 12.4. The fourth-order valence-corrected chi connectivity index (χ4v) is 3.83. The molecule has 3 heteroatoms. The second-order valence-electron chi connectivity index (χ2n) is 5.89. The molecule has 1 aromatic rings. The number of hydrogen-bond acceptors (Lipinski definition) is 1. The molecule has 0 radical (unpaired) electrons. The lowest BCUT2D eigenvalue weighted by molar-refractivity contribution is 0.0921. The molecule has 1 aliphatic carbocycles. The molecule has 1 amide bonds. The van der Waals surface area contributed by atoms with Crippen molar-refractivity contribution < 1.29 is 4.79 Å². The molecular formula is C17H24BrNO. The van der Waals surface area contributed by atoms with E-state index in [1.165, 1.54) is 32.1 Å². The number of nitrogens with one attached hydrogen (secondary N) is 1. The molecule has 2 nitrogen and oxygen atoms in total. The highest BCUT2D eigenvalue weighted by atomic mass is 79.9. The number of amides is 1. The first-order valence-electron chi connectivity index (χ1n) is 7.63. The quantitative estimate of drug-likeness (QED) is 0.796. The summed E-state index contributed by atoms with van der Waals surface area (Å²) in [6.07, 6.45) is 7.23.